The van der Waals surface area contributed by atoms with Crippen LogP contribution in [0, 0.1) is 0 Å². The van der Waals surface area contributed by atoms with E-state index < -0.39 is 17.4 Å². The number of unbranched alkanes of at least 4 members (excludes halogenated alkanes) is 1. The average molecular weight is 292 g/mol. The van der Waals surface area contributed by atoms with Crippen molar-refractivity contribution in [2.45, 2.75) is 25.6 Å². The number of halogens is 3. The Bertz CT molecular complexity index is 458. The maximum Gasteiger partial charge on any atom is 0.431 e. The summed E-state index contributed by atoms with van der Waals surface area (Å²) in [4.78, 5) is 11.5. The van der Waals surface area contributed by atoms with Crippen molar-refractivity contribution in [1.82, 2.24) is 9.88 Å². The Labute approximate surface area is 115 Å². The third kappa shape index (κ3) is 5.34. The molecule has 0 saturated heterocycles. The molecule has 20 heavy (non-hydrogen) atoms. The number of methoxy groups -OCH3 is 1. The second-order valence-electron chi connectivity index (χ2n) is 4.35. The van der Waals surface area contributed by atoms with E-state index in [1.807, 2.05) is 0 Å². The zero-order valence-electron chi connectivity index (χ0n) is 11.4. The number of rotatable bonds is 8. The maximum atomic E-state index is 12.8. The number of nitrogens with one attached hydrogen (secondary N) is 1. The lowest BCUT2D eigenvalue weighted by atomic mass is 10.2. The van der Waals surface area contributed by atoms with Gasteiger partial charge in [-0.15, -0.1) is 0 Å². The largest absolute Gasteiger partial charge is 0.431 e. The van der Waals surface area contributed by atoms with Gasteiger partial charge in [0.05, 0.1) is 6.61 Å². The molecule has 0 aliphatic heterocycles. The van der Waals surface area contributed by atoms with E-state index in [0.717, 1.165) is 22.8 Å². The van der Waals surface area contributed by atoms with E-state index in [1.54, 1.807) is 7.11 Å². The fraction of sp³-hybridized carbons (Fsp3) is 0.615. The van der Waals surface area contributed by atoms with E-state index in [1.165, 1.54) is 0 Å². The summed E-state index contributed by atoms with van der Waals surface area (Å²) in [5.74, 6) is 0. The van der Waals surface area contributed by atoms with Crippen molar-refractivity contribution >= 4 is 0 Å². The Kier molecular flexibility index (Phi) is 6.74. The van der Waals surface area contributed by atoms with Gasteiger partial charge in [-0.3, -0.25) is 4.79 Å². The molecule has 0 saturated carbocycles. The molecular weight excluding hydrogens is 273 g/mol. The van der Waals surface area contributed by atoms with Crippen LogP contribution in [0.15, 0.2) is 23.0 Å². The van der Waals surface area contributed by atoms with E-state index in [2.05, 4.69) is 5.32 Å². The number of nitrogens with zero attached hydrogens (tertiary/aromatic N) is 1. The van der Waals surface area contributed by atoms with Crippen LogP contribution in [0.1, 0.15) is 18.5 Å². The molecule has 1 N–H and O–H groups in total. The summed E-state index contributed by atoms with van der Waals surface area (Å²) >= 11 is 0. The summed E-state index contributed by atoms with van der Waals surface area (Å²) in [6, 6.07) is 3.21. The van der Waals surface area contributed by atoms with Gasteiger partial charge in [0.1, 0.15) is 5.69 Å². The zero-order chi connectivity index (χ0) is 15.0. The summed E-state index contributed by atoms with van der Waals surface area (Å²) in [5, 5.41) is 3.10. The van der Waals surface area contributed by atoms with E-state index in [0.29, 0.717) is 32.5 Å². The van der Waals surface area contributed by atoms with Gasteiger partial charge in [0.2, 0.25) is 0 Å². The number of aromatic nitrogens is 1. The van der Waals surface area contributed by atoms with Crippen LogP contribution in [0.3, 0.4) is 0 Å². The highest BCUT2D eigenvalue weighted by Gasteiger charge is 2.33. The van der Waals surface area contributed by atoms with Gasteiger partial charge in [-0.05, 0) is 25.5 Å². The van der Waals surface area contributed by atoms with Crippen molar-refractivity contribution in [3.05, 3.63) is 34.2 Å². The normalized spacial score (nSPS) is 11.8. The Morgan fingerprint density at radius 3 is 2.65 bits per heavy atom. The second-order valence-corrected chi connectivity index (χ2v) is 4.35. The van der Waals surface area contributed by atoms with Crippen molar-refractivity contribution in [2.24, 2.45) is 0 Å². The fourth-order valence-corrected chi connectivity index (χ4v) is 1.82. The molecule has 1 heterocycles. The summed E-state index contributed by atoms with van der Waals surface area (Å²) < 4.78 is 43.9. The topological polar surface area (TPSA) is 43.3 Å². The molecule has 0 unspecified atom stereocenters. The average Bonchev–Trinajstić information content (AvgIpc) is 2.38. The molecule has 0 spiro atoms. The van der Waals surface area contributed by atoms with Gasteiger partial charge in [0.15, 0.2) is 0 Å². The van der Waals surface area contributed by atoms with Crippen LogP contribution in [0.2, 0.25) is 0 Å². The summed E-state index contributed by atoms with van der Waals surface area (Å²) in [7, 11) is 1.60. The van der Waals surface area contributed by atoms with E-state index >= 15 is 0 Å². The molecule has 0 atom stereocenters. The quantitative estimate of drug-likeness (QED) is 0.744. The number of hydrogen-bond acceptors (Lipinski definition) is 3. The highest BCUT2D eigenvalue weighted by molar-refractivity contribution is 5.10. The Morgan fingerprint density at radius 2 is 2.00 bits per heavy atom. The third-order valence-electron chi connectivity index (χ3n) is 2.81. The summed E-state index contributed by atoms with van der Waals surface area (Å²) in [6.45, 7) is 2.05. The molecule has 1 aromatic rings. The molecule has 1 aromatic heterocycles. The number of ether oxygens (including phenoxy) is 1. The van der Waals surface area contributed by atoms with E-state index in [-0.39, 0.29) is 6.54 Å². The second kappa shape index (κ2) is 8.06. The highest BCUT2D eigenvalue weighted by Crippen LogP contribution is 2.28. The summed E-state index contributed by atoms with van der Waals surface area (Å²) in [5.41, 5.74) is -1.51. The molecule has 0 aliphatic carbocycles. The minimum absolute atomic E-state index is 0.0699. The monoisotopic (exact) mass is 292 g/mol. The molecule has 7 heteroatoms. The molecule has 0 aliphatic rings. The Hall–Kier alpha value is -1.34. The van der Waals surface area contributed by atoms with Crippen molar-refractivity contribution in [1.29, 1.82) is 0 Å². The van der Waals surface area contributed by atoms with Gasteiger partial charge in [0.25, 0.3) is 5.56 Å². The van der Waals surface area contributed by atoms with Crippen LogP contribution in [-0.2, 0) is 17.5 Å². The fourth-order valence-electron chi connectivity index (χ4n) is 1.82. The summed E-state index contributed by atoms with van der Waals surface area (Å²) in [6.07, 6.45) is -3.30. The first-order valence-electron chi connectivity index (χ1n) is 6.43. The number of hydrogen-bond donors (Lipinski definition) is 1. The van der Waals surface area contributed by atoms with Gasteiger partial charge in [0, 0.05) is 26.3 Å². The molecule has 0 radical (unpaired) electrons. The van der Waals surface area contributed by atoms with Crippen molar-refractivity contribution < 1.29 is 17.9 Å². The minimum Gasteiger partial charge on any atom is -0.383 e. The van der Waals surface area contributed by atoms with Gasteiger partial charge >= 0.3 is 6.18 Å². The van der Waals surface area contributed by atoms with Crippen molar-refractivity contribution in [3.63, 3.8) is 0 Å². The standard InChI is InChI=1S/C13H19F3N2O2/c1-20-10-8-17-7-2-3-9-18-11(13(14,15)16)5-4-6-12(18)19/h4-6,17H,2-3,7-10H2,1H3. The first-order chi connectivity index (χ1) is 9.46. The molecule has 114 valence electrons. The third-order valence-corrected chi connectivity index (χ3v) is 2.81. The SMILES string of the molecule is COCCNCCCCn1c(C(F)(F)F)cccc1=O. The first-order valence-corrected chi connectivity index (χ1v) is 6.43. The number of alkyl halides is 3. The zero-order valence-corrected chi connectivity index (χ0v) is 11.4. The lowest BCUT2D eigenvalue weighted by Crippen LogP contribution is -2.27. The predicted octanol–water partition coefficient (Wildman–Crippen LogP) is 1.88. The molecular formula is C13H19F3N2O2. The van der Waals surface area contributed by atoms with Crippen molar-refractivity contribution in [3.8, 4) is 0 Å². The van der Waals surface area contributed by atoms with Gasteiger partial charge in [-0.2, -0.15) is 13.2 Å². The van der Waals surface area contributed by atoms with E-state index in [9.17, 15) is 18.0 Å². The molecule has 0 fully saturated rings. The van der Waals surface area contributed by atoms with Crippen molar-refractivity contribution in [2.75, 3.05) is 26.8 Å². The first kappa shape index (κ1) is 16.7. The van der Waals surface area contributed by atoms with Crippen LogP contribution < -0.4 is 10.9 Å². The van der Waals surface area contributed by atoms with Crippen LogP contribution in [0.4, 0.5) is 13.2 Å². The predicted molar refractivity (Wildman–Crippen MR) is 69.7 cm³/mol. The lowest BCUT2D eigenvalue weighted by molar-refractivity contribution is -0.144. The van der Waals surface area contributed by atoms with E-state index in [4.69, 9.17) is 4.74 Å². The van der Waals surface area contributed by atoms with Crippen LogP contribution in [0.25, 0.3) is 0 Å². The maximum absolute atomic E-state index is 12.8. The van der Waals surface area contributed by atoms with Gasteiger partial charge < -0.3 is 14.6 Å². The smallest absolute Gasteiger partial charge is 0.383 e. The Balaban J connectivity index is 2.50. The lowest BCUT2D eigenvalue weighted by Gasteiger charge is -2.14. The van der Waals surface area contributed by atoms with Crippen LogP contribution in [0.5, 0.6) is 0 Å². The minimum atomic E-state index is -4.50. The molecule has 0 aromatic carbocycles. The van der Waals surface area contributed by atoms with Crippen LogP contribution >= 0.6 is 0 Å². The Morgan fingerprint density at radius 1 is 1.25 bits per heavy atom. The molecule has 1 rings (SSSR count). The number of pyridine rings is 1. The van der Waals surface area contributed by atoms with Crippen LogP contribution in [-0.4, -0.2) is 31.4 Å². The molecule has 0 amide bonds. The highest BCUT2D eigenvalue weighted by atomic mass is 19.4. The molecule has 0 bridgehead atoms. The van der Waals surface area contributed by atoms with Gasteiger partial charge in [-0.25, -0.2) is 0 Å². The van der Waals surface area contributed by atoms with Gasteiger partial charge in [-0.1, -0.05) is 6.07 Å². The molecule has 4 nitrogen and oxygen atoms in total.